The molecule has 132 valence electrons. The zero-order chi connectivity index (χ0) is 16.0. The highest BCUT2D eigenvalue weighted by atomic mass is 127. The lowest BCUT2D eigenvalue weighted by atomic mass is 9.55. The van der Waals surface area contributed by atoms with Crippen LogP contribution in [0.3, 0.4) is 0 Å². The van der Waals surface area contributed by atoms with Crippen molar-refractivity contribution in [2.75, 3.05) is 11.9 Å². The van der Waals surface area contributed by atoms with Crippen molar-refractivity contribution in [2.45, 2.75) is 58.1 Å². The Morgan fingerprint density at radius 3 is 2.88 bits per heavy atom. The van der Waals surface area contributed by atoms with Crippen molar-refractivity contribution in [3.63, 3.8) is 0 Å². The van der Waals surface area contributed by atoms with Crippen molar-refractivity contribution in [1.82, 2.24) is 0 Å². The monoisotopic (exact) mass is 441 g/mol. The molecule has 0 amide bonds. The van der Waals surface area contributed by atoms with E-state index < -0.39 is 0 Å². The van der Waals surface area contributed by atoms with Gasteiger partial charge in [-0.1, -0.05) is 19.9 Å². The van der Waals surface area contributed by atoms with E-state index in [1.165, 1.54) is 36.8 Å². The van der Waals surface area contributed by atoms with E-state index in [4.69, 9.17) is 15.5 Å². The van der Waals surface area contributed by atoms with Crippen LogP contribution in [0.15, 0.2) is 23.2 Å². The molecule has 3 atom stereocenters. The Labute approximate surface area is 161 Å². The second kappa shape index (κ2) is 6.83. The van der Waals surface area contributed by atoms with Gasteiger partial charge in [0.25, 0.3) is 0 Å². The molecule has 2 fully saturated rings. The number of fused-ring (bicyclic) bond motifs is 2. The average Bonchev–Trinajstić information content (AvgIpc) is 3.00. The fraction of sp³-hybridized carbons (Fsp3) is 0.632. The van der Waals surface area contributed by atoms with Crippen molar-refractivity contribution in [3.05, 3.63) is 29.3 Å². The van der Waals surface area contributed by atoms with E-state index in [0.717, 1.165) is 18.7 Å². The third kappa shape index (κ3) is 3.05. The Bertz CT molecular complexity index is 643. The van der Waals surface area contributed by atoms with Gasteiger partial charge in [-0.3, -0.25) is 0 Å². The van der Waals surface area contributed by atoms with Gasteiger partial charge in [0.2, 0.25) is 0 Å². The molecule has 4 rings (SSSR count). The summed E-state index contributed by atoms with van der Waals surface area (Å²) in [5.41, 5.74) is 10.3. The van der Waals surface area contributed by atoms with Gasteiger partial charge in [0, 0.05) is 23.6 Å². The fourth-order valence-electron chi connectivity index (χ4n) is 4.74. The highest BCUT2D eigenvalue weighted by Gasteiger charge is 2.58. The zero-order valence-electron chi connectivity index (χ0n) is 14.5. The zero-order valence-corrected chi connectivity index (χ0v) is 16.9. The van der Waals surface area contributed by atoms with Crippen LogP contribution in [0.2, 0.25) is 0 Å². The molecule has 3 unspecified atom stereocenters. The number of aliphatic imine (C=N–C) groups is 1. The van der Waals surface area contributed by atoms with E-state index in [1.807, 2.05) is 0 Å². The van der Waals surface area contributed by atoms with Crippen LogP contribution in [0, 0.1) is 11.3 Å². The molecule has 1 aromatic carbocycles. The van der Waals surface area contributed by atoms with Crippen LogP contribution in [0.5, 0.6) is 0 Å². The third-order valence-electron chi connectivity index (χ3n) is 5.92. The normalized spacial score (nSPS) is 30.6. The number of nitrogens with zero attached hydrogens (tertiary/aromatic N) is 1. The third-order valence-corrected chi connectivity index (χ3v) is 5.92. The molecule has 3 N–H and O–H groups in total. The van der Waals surface area contributed by atoms with Gasteiger partial charge < -0.3 is 15.8 Å². The number of ether oxygens (including phenoxy) is 1. The summed E-state index contributed by atoms with van der Waals surface area (Å²) in [6, 6.07) is 6.82. The van der Waals surface area contributed by atoms with Crippen molar-refractivity contribution in [3.8, 4) is 0 Å². The second-order valence-corrected chi connectivity index (χ2v) is 7.84. The minimum atomic E-state index is 0. The molecular weight excluding hydrogens is 413 g/mol. The van der Waals surface area contributed by atoms with Crippen LogP contribution >= 0.6 is 24.0 Å². The predicted octanol–water partition coefficient (Wildman–Crippen LogP) is 3.72. The quantitative estimate of drug-likeness (QED) is 0.418. The van der Waals surface area contributed by atoms with E-state index in [0.29, 0.717) is 18.0 Å². The summed E-state index contributed by atoms with van der Waals surface area (Å²) in [5, 5.41) is 3.29. The number of guanidine groups is 1. The number of aryl methyl sites for hydroxylation is 2. The van der Waals surface area contributed by atoms with Crippen LogP contribution in [0.1, 0.15) is 44.2 Å². The second-order valence-electron chi connectivity index (χ2n) is 7.84. The molecule has 0 spiro atoms. The van der Waals surface area contributed by atoms with Gasteiger partial charge in [0.1, 0.15) is 0 Å². The molecule has 24 heavy (non-hydrogen) atoms. The summed E-state index contributed by atoms with van der Waals surface area (Å²) in [5.74, 6) is 1.06. The lowest BCUT2D eigenvalue weighted by Crippen LogP contribution is -2.64. The molecular formula is C19H28IN3O. The Kier molecular flexibility index (Phi) is 5.12. The largest absolute Gasteiger partial charge is 0.377 e. The topological polar surface area (TPSA) is 59.6 Å². The van der Waals surface area contributed by atoms with Gasteiger partial charge in [-0.15, -0.1) is 24.0 Å². The number of nitrogens with two attached hydrogens (primary N) is 1. The lowest BCUT2D eigenvalue weighted by molar-refractivity contribution is -0.182. The smallest absolute Gasteiger partial charge is 0.193 e. The van der Waals surface area contributed by atoms with Gasteiger partial charge in [-0.25, -0.2) is 4.99 Å². The lowest BCUT2D eigenvalue weighted by Gasteiger charge is -2.58. The fourth-order valence-corrected chi connectivity index (χ4v) is 4.74. The van der Waals surface area contributed by atoms with Crippen LogP contribution < -0.4 is 11.1 Å². The first kappa shape index (κ1) is 18.0. The summed E-state index contributed by atoms with van der Waals surface area (Å²) >= 11 is 0. The molecule has 0 aromatic heterocycles. The van der Waals surface area contributed by atoms with E-state index in [-0.39, 0.29) is 35.4 Å². The van der Waals surface area contributed by atoms with Gasteiger partial charge in [0.15, 0.2) is 5.96 Å². The van der Waals surface area contributed by atoms with Crippen molar-refractivity contribution < 1.29 is 4.74 Å². The molecule has 4 nitrogen and oxygen atoms in total. The van der Waals surface area contributed by atoms with Crippen molar-refractivity contribution in [2.24, 2.45) is 22.1 Å². The molecule has 1 saturated heterocycles. The molecule has 1 heterocycles. The Morgan fingerprint density at radius 2 is 2.04 bits per heavy atom. The minimum Gasteiger partial charge on any atom is -0.377 e. The van der Waals surface area contributed by atoms with E-state index >= 15 is 0 Å². The average molecular weight is 441 g/mol. The van der Waals surface area contributed by atoms with Crippen LogP contribution in [0.4, 0.5) is 5.69 Å². The van der Waals surface area contributed by atoms with Crippen molar-refractivity contribution in [1.29, 1.82) is 0 Å². The number of halogens is 1. The van der Waals surface area contributed by atoms with Crippen LogP contribution in [-0.4, -0.2) is 24.7 Å². The van der Waals surface area contributed by atoms with Crippen molar-refractivity contribution >= 4 is 35.6 Å². The first-order valence-electron chi connectivity index (χ1n) is 8.89. The first-order chi connectivity index (χ1) is 11.1. The minimum absolute atomic E-state index is 0. The van der Waals surface area contributed by atoms with Crippen LogP contribution in [0.25, 0.3) is 0 Å². The number of rotatable bonds is 2. The van der Waals surface area contributed by atoms with Gasteiger partial charge in [0.05, 0.1) is 12.1 Å². The Balaban J connectivity index is 0.00000169. The predicted molar refractivity (Wildman–Crippen MR) is 109 cm³/mol. The summed E-state index contributed by atoms with van der Waals surface area (Å²) < 4.78 is 5.94. The Morgan fingerprint density at radius 1 is 1.25 bits per heavy atom. The number of anilines is 1. The highest BCUT2D eigenvalue weighted by Crippen LogP contribution is 2.53. The number of hydrogen-bond acceptors (Lipinski definition) is 2. The van der Waals surface area contributed by atoms with Gasteiger partial charge >= 0.3 is 0 Å². The maximum absolute atomic E-state index is 6.20. The summed E-state index contributed by atoms with van der Waals surface area (Å²) in [6.45, 7) is 5.39. The molecule has 0 bridgehead atoms. The van der Waals surface area contributed by atoms with E-state index in [1.54, 1.807) is 0 Å². The number of hydrogen-bond donors (Lipinski definition) is 2. The molecule has 5 heteroatoms. The van der Waals surface area contributed by atoms with E-state index in [9.17, 15) is 0 Å². The molecule has 1 saturated carbocycles. The molecule has 0 radical (unpaired) electrons. The maximum atomic E-state index is 6.20. The highest BCUT2D eigenvalue weighted by molar-refractivity contribution is 14.0. The Hall–Kier alpha value is -0.820. The summed E-state index contributed by atoms with van der Waals surface area (Å²) in [4.78, 5) is 4.81. The molecule has 3 aliphatic rings. The SMILES string of the molecule is CC1(C)C(N=C(N)Nc2ccc3c(c2)CCC3)C2CCCOC21.I. The number of benzene rings is 1. The summed E-state index contributed by atoms with van der Waals surface area (Å²) in [6.07, 6.45) is 6.34. The molecule has 2 aliphatic carbocycles. The van der Waals surface area contributed by atoms with Gasteiger partial charge in [-0.2, -0.15) is 0 Å². The van der Waals surface area contributed by atoms with Gasteiger partial charge in [-0.05, 0) is 55.4 Å². The summed E-state index contributed by atoms with van der Waals surface area (Å²) in [7, 11) is 0. The molecule has 1 aliphatic heterocycles. The first-order valence-corrected chi connectivity index (χ1v) is 8.89. The standard InChI is InChI=1S/C19H27N3O.HI/c1-19(2)16(15-7-4-10-23-17(15)19)22-18(20)21-14-9-8-12-5-3-6-13(12)11-14;/h8-9,11,15-17H,3-7,10H2,1-2H3,(H3,20,21,22);1H. The van der Waals surface area contributed by atoms with Crippen LogP contribution in [-0.2, 0) is 17.6 Å². The van der Waals surface area contributed by atoms with E-state index in [2.05, 4.69) is 37.4 Å². The molecule has 1 aromatic rings. The maximum Gasteiger partial charge on any atom is 0.193 e. The number of nitrogens with one attached hydrogen (secondary N) is 1.